The first kappa shape index (κ1) is 20.9. The Morgan fingerprint density at radius 3 is 2.13 bits per heavy atom. The molecule has 1 atom stereocenters. The van der Waals surface area contributed by atoms with Gasteiger partial charge in [-0.1, -0.05) is 72.8 Å². The molecule has 1 unspecified atom stereocenters. The minimum atomic E-state index is -0.381. The molecule has 31 heavy (non-hydrogen) atoms. The van der Waals surface area contributed by atoms with E-state index < -0.39 is 0 Å². The molecule has 4 aromatic rings. The Morgan fingerprint density at radius 2 is 1.45 bits per heavy atom. The van der Waals surface area contributed by atoms with Gasteiger partial charge in [0.1, 0.15) is 0 Å². The molecule has 0 saturated heterocycles. The summed E-state index contributed by atoms with van der Waals surface area (Å²) >= 11 is 0. The number of ether oxygens (including phenoxy) is 2. The van der Waals surface area contributed by atoms with Crippen molar-refractivity contribution in [3.05, 3.63) is 89.5 Å². The van der Waals surface area contributed by atoms with E-state index >= 15 is 0 Å². The average molecular weight is 415 g/mol. The van der Waals surface area contributed by atoms with Gasteiger partial charge in [-0.05, 0) is 41.3 Å². The maximum absolute atomic E-state index is 5.34. The lowest BCUT2D eigenvalue weighted by Crippen LogP contribution is -2.11. The van der Waals surface area contributed by atoms with E-state index in [-0.39, 0.29) is 12.3 Å². The quantitative estimate of drug-likeness (QED) is 0.388. The molecule has 4 rings (SSSR count). The van der Waals surface area contributed by atoms with Crippen LogP contribution in [0.1, 0.15) is 35.9 Å². The number of aryl methyl sites for hydroxylation is 1. The standard InChI is InChI=1S/C25H26N4O2/c1-17-9-5-6-10-21(17)18(2)29-27-24(26-28-29)23-12-8-7-11-22(23)19-13-15-20(16-14-19)25(30-3)31-4/h5-16,18,25H,1-4H3. The van der Waals surface area contributed by atoms with Crippen molar-refractivity contribution in [3.8, 4) is 22.5 Å². The van der Waals surface area contributed by atoms with E-state index in [0.717, 1.165) is 22.3 Å². The number of nitrogens with zero attached hydrogens (tertiary/aromatic N) is 4. The highest BCUT2D eigenvalue weighted by atomic mass is 16.7. The number of hydrogen-bond donors (Lipinski definition) is 0. The van der Waals surface area contributed by atoms with Crippen LogP contribution in [0, 0.1) is 6.92 Å². The molecule has 0 fully saturated rings. The summed E-state index contributed by atoms with van der Waals surface area (Å²) in [4.78, 5) is 1.68. The predicted molar refractivity (Wildman–Crippen MR) is 120 cm³/mol. The smallest absolute Gasteiger partial charge is 0.205 e. The normalized spacial score (nSPS) is 12.3. The molecule has 0 aliphatic rings. The molecule has 1 heterocycles. The van der Waals surface area contributed by atoms with E-state index in [2.05, 4.69) is 54.5 Å². The van der Waals surface area contributed by atoms with Crippen LogP contribution in [0.25, 0.3) is 22.5 Å². The second-order valence-corrected chi connectivity index (χ2v) is 7.44. The van der Waals surface area contributed by atoms with Crippen LogP contribution >= 0.6 is 0 Å². The number of rotatable bonds is 7. The molecule has 0 amide bonds. The van der Waals surface area contributed by atoms with Gasteiger partial charge < -0.3 is 9.47 Å². The zero-order valence-electron chi connectivity index (χ0n) is 18.2. The predicted octanol–water partition coefficient (Wildman–Crippen LogP) is 5.22. The summed E-state index contributed by atoms with van der Waals surface area (Å²) in [5, 5.41) is 13.4. The van der Waals surface area contributed by atoms with Gasteiger partial charge in [0.15, 0.2) is 6.29 Å². The van der Waals surface area contributed by atoms with Crippen molar-refractivity contribution < 1.29 is 9.47 Å². The summed E-state index contributed by atoms with van der Waals surface area (Å²) in [5.41, 5.74) is 6.40. The summed E-state index contributed by atoms with van der Waals surface area (Å²) in [6.45, 7) is 4.18. The van der Waals surface area contributed by atoms with Crippen molar-refractivity contribution in [2.24, 2.45) is 0 Å². The SMILES string of the molecule is COC(OC)c1ccc(-c2ccccc2-c2nnn(C(C)c3ccccc3C)n2)cc1. The number of tetrazole rings is 1. The van der Waals surface area contributed by atoms with Gasteiger partial charge in [-0.3, -0.25) is 0 Å². The first-order valence-corrected chi connectivity index (χ1v) is 10.2. The van der Waals surface area contributed by atoms with Gasteiger partial charge in [0.05, 0.1) is 6.04 Å². The molecule has 0 aliphatic carbocycles. The Hall–Kier alpha value is -3.35. The molecule has 158 valence electrons. The molecular weight excluding hydrogens is 388 g/mol. The van der Waals surface area contributed by atoms with Crippen LogP contribution < -0.4 is 0 Å². The Balaban J connectivity index is 1.66. The van der Waals surface area contributed by atoms with Crippen LogP contribution in [0.15, 0.2) is 72.8 Å². The van der Waals surface area contributed by atoms with Crippen LogP contribution in [0.4, 0.5) is 0 Å². The van der Waals surface area contributed by atoms with Gasteiger partial charge in [-0.15, -0.1) is 10.2 Å². The van der Waals surface area contributed by atoms with Gasteiger partial charge in [0.25, 0.3) is 0 Å². The summed E-state index contributed by atoms with van der Waals surface area (Å²) in [6, 6.07) is 24.5. The summed E-state index contributed by atoms with van der Waals surface area (Å²) in [5.74, 6) is 0.603. The zero-order valence-corrected chi connectivity index (χ0v) is 18.2. The van der Waals surface area contributed by atoms with E-state index in [0.29, 0.717) is 5.82 Å². The van der Waals surface area contributed by atoms with Crippen LogP contribution in [0.2, 0.25) is 0 Å². The molecule has 0 aliphatic heterocycles. The molecule has 0 bridgehead atoms. The molecular formula is C25H26N4O2. The van der Waals surface area contributed by atoms with E-state index in [9.17, 15) is 0 Å². The number of methoxy groups -OCH3 is 2. The second kappa shape index (κ2) is 9.20. The topological polar surface area (TPSA) is 62.1 Å². The van der Waals surface area contributed by atoms with Gasteiger partial charge >= 0.3 is 0 Å². The van der Waals surface area contributed by atoms with E-state index in [4.69, 9.17) is 14.6 Å². The number of benzene rings is 3. The molecule has 0 radical (unpaired) electrons. The first-order chi connectivity index (χ1) is 15.1. The molecule has 6 nitrogen and oxygen atoms in total. The lowest BCUT2D eigenvalue weighted by atomic mass is 9.98. The fraction of sp³-hybridized carbons (Fsp3) is 0.240. The van der Waals surface area contributed by atoms with Crippen LogP contribution in [-0.2, 0) is 9.47 Å². The summed E-state index contributed by atoms with van der Waals surface area (Å²) in [6.07, 6.45) is -0.381. The molecule has 0 saturated carbocycles. The monoisotopic (exact) mass is 414 g/mol. The lowest BCUT2D eigenvalue weighted by Gasteiger charge is -2.14. The third-order valence-corrected chi connectivity index (χ3v) is 5.50. The molecule has 0 spiro atoms. The third kappa shape index (κ3) is 4.26. The number of aromatic nitrogens is 4. The number of hydrogen-bond acceptors (Lipinski definition) is 5. The van der Waals surface area contributed by atoms with Gasteiger partial charge in [-0.25, -0.2) is 0 Å². The fourth-order valence-corrected chi connectivity index (χ4v) is 3.79. The summed E-state index contributed by atoms with van der Waals surface area (Å²) in [7, 11) is 3.26. The summed E-state index contributed by atoms with van der Waals surface area (Å²) < 4.78 is 10.7. The van der Waals surface area contributed by atoms with Crippen LogP contribution in [0.5, 0.6) is 0 Å². The Kier molecular flexibility index (Phi) is 6.21. The van der Waals surface area contributed by atoms with Crippen molar-refractivity contribution in [3.63, 3.8) is 0 Å². The second-order valence-electron chi connectivity index (χ2n) is 7.44. The highest BCUT2D eigenvalue weighted by Crippen LogP contribution is 2.31. The van der Waals surface area contributed by atoms with E-state index in [1.165, 1.54) is 11.1 Å². The maximum Gasteiger partial charge on any atom is 0.205 e. The third-order valence-electron chi connectivity index (χ3n) is 5.50. The van der Waals surface area contributed by atoms with E-state index in [1.54, 1.807) is 19.0 Å². The van der Waals surface area contributed by atoms with Crippen molar-refractivity contribution in [2.45, 2.75) is 26.2 Å². The highest BCUT2D eigenvalue weighted by Gasteiger charge is 2.17. The van der Waals surface area contributed by atoms with Gasteiger partial charge in [0.2, 0.25) is 5.82 Å². The minimum Gasteiger partial charge on any atom is -0.352 e. The first-order valence-electron chi connectivity index (χ1n) is 10.2. The Labute approximate surface area is 182 Å². The van der Waals surface area contributed by atoms with Crippen LogP contribution in [-0.4, -0.2) is 34.4 Å². The highest BCUT2D eigenvalue weighted by molar-refractivity contribution is 5.80. The lowest BCUT2D eigenvalue weighted by molar-refractivity contribution is -0.106. The van der Waals surface area contributed by atoms with Crippen molar-refractivity contribution >= 4 is 0 Å². The molecule has 6 heteroatoms. The molecule has 1 aromatic heterocycles. The largest absolute Gasteiger partial charge is 0.352 e. The van der Waals surface area contributed by atoms with Crippen molar-refractivity contribution in [1.29, 1.82) is 0 Å². The van der Waals surface area contributed by atoms with Gasteiger partial charge in [0, 0.05) is 25.3 Å². The van der Waals surface area contributed by atoms with Crippen molar-refractivity contribution in [2.75, 3.05) is 14.2 Å². The minimum absolute atomic E-state index is 0.00563. The fourth-order valence-electron chi connectivity index (χ4n) is 3.79. The average Bonchev–Trinajstić information content (AvgIpc) is 3.30. The van der Waals surface area contributed by atoms with E-state index in [1.807, 2.05) is 42.5 Å². The molecule has 3 aromatic carbocycles. The Morgan fingerprint density at radius 1 is 0.806 bits per heavy atom. The Bertz CT molecular complexity index is 1150. The van der Waals surface area contributed by atoms with Crippen LogP contribution in [0.3, 0.4) is 0 Å². The maximum atomic E-state index is 5.34. The van der Waals surface area contributed by atoms with Gasteiger partial charge in [-0.2, -0.15) is 4.80 Å². The zero-order chi connectivity index (χ0) is 21.8. The molecule has 0 N–H and O–H groups in total. The van der Waals surface area contributed by atoms with Crippen molar-refractivity contribution in [1.82, 2.24) is 20.2 Å².